The van der Waals surface area contributed by atoms with Crippen LogP contribution in [0, 0.1) is 0 Å². The van der Waals surface area contributed by atoms with Crippen LogP contribution in [0.15, 0.2) is 29.1 Å². The number of hydrogen-bond acceptors (Lipinski definition) is 5. The molecule has 0 radical (unpaired) electrons. The SMILES string of the molecule is O=C(CCc1ccco1)Nc1nc(Cl)c2[nH]cnc2n1. The molecule has 20 heavy (non-hydrogen) atoms. The second-order valence-electron chi connectivity index (χ2n) is 4.07. The fraction of sp³-hybridized carbons (Fsp3) is 0.167. The number of anilines is 1. The maximum atomic E-state index is 11.8. The molecule has 7 nitrogen and oxygen atoms in total. The van der Waals surface area contributed by atoms with Gasteiger partial charge in [0.15, 0.2) is 10.8 Å². The number of carbonyl (C=O) groups is 1. The summed E-state index contributed by atoms with van der Waals surface area (Å²) >= 11 is 5.96. The van der Waals surface area contributed by atoms with Crippen LogP contribution in [0.3, 0.4) is 0 Å². The van der Waals surface area contributed by atoms with Crippen LogP contribution >= 0.6 is 11.6 Å². The summed E-state index contributed by atoms with van der Waals surface area (Å²) in [7, 11) is 0. The van der Waals surface area contributed by atoms with Crippen LogP contribution in [0.1, 0.15) is 12.2 Å². The molecule has 2 N–H and O–H groups in total. The molecule has 3 rings (SSSR count). The maximum absolute atomic E-state index is 11.8. The number of imidazole rings is 1. The summed E-state index contributed by atoms with van der Waals surface area (Å²) in [6.45, 7) is 0. The van der Waals surface area contributed by atoms with Gasteiger partial charge in [-0.3, -0.25) is 10.1 Å². The fourth-order valence-electron chi connectivity index (χ4n) is 1.73. The predicted octanol–water partition coefficient (Wildman–Crippen LogP) is 2.17. The van der Waals surface area contributed by atoms with Crippen LogP contribution in [-0.2, 0) is 11.2 Å². The van der Waals surface area contributed by atoms with Gasteiger partial charge in [-0.05, 0) is 12.1 Å². The van der Waals surface area contributed by atoms with Gasteiger partial charge in [-0.1, -0.05) is 11.6 Å². The molecule has 102 valence electrons. The summed E-state index contributed by atoms with van der Waals surface area (Å²) in [5.41, 5.74) is 0.951. The van der Waals surface area contributed by atoms with Crippen LogP contribution < -0.4 is 5.32 Å². The quantitative estimate of drug-likeness (QED) is 0.718. The lowest BCUT2D eigenvalue weighted by Crippen LogP contribution is -2.14. The number of H-pyrrole nitrogens is 1. The first-order chi connectivity index (χ1) is 9.72. The van der Waals surface area contributed by atoms with E-state index in [2.05, 4.69) is 25.3 Å². The average molecular weight is 292 g/mol. The molecule has 0 saturated carbocycles. The molecule has 0 atom stereocenters. The molecule has 0 saturated heterocycles. The van der Waals surface area contributed by atoms with E-state index in [1.165, 1.54) is 6.33 Å². The van der Waals surface area contributed by atoms with Crippen LogP contribution in [0.5, 0.6) is 0 Å². The number of hydrogen-bond donors (Lipinski definition) is 2. The minimum Gasteiger partial charge on any atom is -0.469 e. The van der Waals surface area contributed by atoms with Gasteiger partial charge in [0.1, 0.15) is 11.3 Å². The molecule has 0 aliphatic carbocycles. The first-order valence-corrected chi connectivity index (χ1v) is 6.29. The zero-order valence-corrected chi connectivity index (χ0v) is 11.0. The summed E-state index contributed by atoms with van der Waals surface area (Å²) in [6, 6.07) is 3.60. The average Bonchev–Trinajstić information content (AvgIpc) is 3.07. The van der Waals surface area contributed by atoms with Gasteiger partial charge in [-0.2, -0.15) is 9.97 Å². The molecule has 0 unspecified atom stereocenters. The lowest BCUT2D eigenvalue weighted by Gasteiger charge is -2.03. The molecule has 0 aromatic carbocycles. The highest BCUT2D eigenvalue weighted by Crippen LogP contribution is 2.18. The van der Waals surface area contributed by atoms with Crippen molar-refractivity contribution >= 4 is 34.6 Å². The minimum atomic E-state index is -0.215. The molecular weight excluding hydrogens is 282 g/mol. The largest absolute Gasteiger partial charge is 0.469 e. The molecule has 0 fully saturated rings. The van der Waals surface area contributed by atoms with Gasteiger partial charge in [0, 0.05) is 12.8 Å². The smallest absolute Gasteiger partial charge is 0.233 e. The highest BCUT2D eigenvalue weighted by molar-refractivity contribution is 6.33. The summed E-state index contributed by atoms with van der Waals surface area (Å²) < 4.78 is 5.15. The monoisotopic (exact) mass is 291 g/mol. The third-order valence-electron chi connectivity index (χ3n) is 2.67. The zero-order valence-electron chi connectivity index (χ0n) is 10.3. The second-order valence-corrected chi connectivity index (χ2v) is 4.42. The molecule has 8 heteroatoms. The Morgan fingerprint density at radius 3 is 3.15 bits per heavy atom. The minimum absolute atomic E-state index is 0.138. The van der Waals surface area contributed by atoms with Crippen molar-refractivity contribution in [2.24, 2.45) is 0 Å². The number of fused-ring (bicyclic) bond motifs is 1. The molecule has 0 aliphatic rings. The van der Waals surface area contributed by atoms with Gasteiger partial charge in [-0.15, -0.1) is 0 Å². The van der Waals surface area contributed by atoms with E-state index >= 15 is 0 Å². The van der Waals surface area contributed by atoms with Crippen molar-refractivity contribution in [3.8, 4) is 0 Å². The van der Waals surface area contributed by atoms with Gasteiger partial charge < -0.3 is 9.40 Å². The van der Waals surface area contributed by atoms with E-state index in [0.717, 1.165) is 5.76 Å². The number of rotatable bonds is 4. The summed E-state index contributed by atoms with van der Waals surface area (Å²) in [5, 5.41) is 2.80. The van der Waals surface area contributed by atoms with Crippen molar-refractivity contribution in [1.29, 1.82) is 0 Å². The highest BCUT2D eigenvalue weighted by Gasteiger charge is 2.11. The Kier molecular flexibility index (Phi) is 3.34. The normalized spacial score (nSPS) is 10.8. The first-order valence-electron chi connectivity index (χ1n) is 5.91. The number of aromatic nitrogens is 4. The van der Waals surface area contributed by atoms with E-state index in [9.17, 15) is 4.79 Å². The van der Waals surface area contributed by atoms with Crippen LogP contribution in [0.4, 0.5) is 5.95 Å². The van der Waals surface area contributed by atoms with Crippen molar-refractivity contribution in [1.82, 2.24) is 19.9 Å². The van der Waals surface area contributed by atoms with E-state index in [4.69, 9.17) is 16.0 Å². The summed E-state index contributed by atoms with van der Waals surface area (Å²) in [5.74, 6) is 0.674. The summed E-state index contributed by atoms with van der Waals surface area (Å²) in [4.78, 5) is 26.7. The molecule has 3 heterocycles. The molecule has 1 amide bonds. The van der Waals surface area contributed by atoms with Crippen LogP contribution in [0.2, 0.25) is 5.15 Å². The molecule has 3 aromatic heterocycles. The van der Waals surface area contributed by atoms with E-state index < -0.39 is 0 Å². The third kappa shape index (κ3) is 2.62. The van der Waals surface area contributed by atoms with Gasteiger partial charge >= 0.3 is 0 Å². The molecule has 3 aromatic rings. The number of aromatic amines is 1. The Hall–Kier alpha value is -2.41. The summed E-state index contributed by atoms with van der Waals surface area (Å²) in [6.07, 6.45) is 3.82. The lowest BCUT2D eigenvalue weighted by atomic mass is 10.2. The molecular formula is C12H10ClN5O2. The van der Waals surface area contributed by atoms with Crippen LogP contribution in [0.25, 0.3) is 11.2 Å². The Labute approximate surface area is 118 Å². The van der Waals surface area contributed by atoms with E-state index in [1.807, 2.05) is 6.07 Å². The number of nitrogens with one attached hydrogen (secondary N) is 2. The molecule has 0 bridgehead atoms. The fourth-order valence-corrected chi connectivity index (χ4v) is 1.95. The molecule has 0 spiro atoms. The number of carbonyl (C=O) groups excluding carboxylic acids is 1. The Bertz CT molecular complexity index is 737. The number of halogens is 1. The van der Waals surface area contributed by atoms with Crippen molar-refractivity contribution in [3.05, 3.63) is 35.6 Å². The first kappa shape index (κ1) is 12.6. The Morgan fingerprint density at radius 1 is 1.45 bits per heavy atom. The Balaban J connectivity index is 1.67. The highest BCUT2D eigenvalue weighted by atomic mass is 35.5. The third-order valence-corrected chi connectivity index (χ3v) is 2.94. The number of furan rings is 1. The van der Waals surface area contributed by atoms with E-state index in [1.54, 1.807) is 12.3 Å². The van der Waals surface area contributed by atoms with Crippen molar-refractivity contribution in [2.45, 2.75) is 12.8 Å². The molecule has 0 aliphatic heterocycles. The van der Waals surface area contributed by atoms with Crippen molar-refractivity contribution in [3.63, 3.8) is 0 Å². The van der Waals surface area contributed by atoms with Crippen molar-refractivity contribution < 1.29 is 9.21 Å². The predicted molar refractivity (Wildman–Crippen MR) is 72.4 cm³/mol. The second kappa shape index (κ2) is 5.30. The van der Waals surface area contributed by atoms with Crippen LogP contribution in [-0.4, -0.2) is 25.8 Å². The van der Waals surface area contributed by atoms with Crippen molar-refractivity contribution in [2.75, 3.05) is 5.32 Å². The number of aryl methyl sites for hydroxylation is 1. The standard InChI is InChI=1S/C12H10ClN5O2/c13-10-9-11(15-6-14-9)18-12(17-10)16-8(19)4-3-7-2-1-5-20-7/h1-2,5-6H,3-4H2,(H2,14,15,16,17,18,19). The topological polar surface area (TPSA) is 96.7 Å². The zero-order chi connectivity index (χ0) is 13.9. The number of amides is 1. The maximum Gasteiger partial charge on any atom is 0.233 e. The van der Waals surface area contributed by atoms with E-state index in [-0.39, 0.29) is 23.4 Å². The van der Waals surface area contributed by atoms with Gasteiger partial charge in [-0.25, -0.2) is 4.98 Å². The van der Waals surface area contributed by atoms with E-state index in [0.29, 0.717) is 17.6 Å². The van der Waals surface area contributed by atoms with Gasteiger partial charge in [0.25, 0.3) is 0 Å². The Morgan fingerprint density at radius 2 is 2.35 bits per heavy atom. The lowest BCUT2D eigenvalue weighted by molar-refractivity contribution is -0.116. The van der Waals surface area contributed by atoms with Gasteiger partial charge in [0.05, 0.1) is 12.6 Å². The van der Waals surface area contributed by atoms with Gasteiger partial charge in [0.2, 0.25) is 11.9 Å². The number of nitrogens with zero attached hydrogens (tertiary/aromatic N) is 3.